The number of rotatable bonds is 8. The Morgan fingerprint density at radius 3 is 2.62 bits per heavy atom. The van der Waals surface area contributed by atoms with Crippen LogP contribution in [0.15, 0.2) is 60.7 Å². The average molecular weight is 324 g/mol. The number of carbonyl (C=O) groups excluding carboxylic acids is 1. The van der Waals surface area contributed by atoms with Gasteiger partial charge in [-0.1, -0.05) is 66.7 Å². The minimum Gasteiger partial charge on any atom is -0.445 e. The summed E-state index contributed by atoms with van der Waals surface area (Å²) in [6.07, 6.45) is 4.52. The second-order valence-electron chi connectivity index (χ2n) is 5.41. The number of hydrogen-bond acceptors (Lipinski definition) is 3. The van der Waals surface area contributed by atoms with Crippen molar-refractivity contribution in [1.29, 1.82) is 0 Å². The van der Waals surface area contributed by atoms with Gasteiger partial charge in [-0.25, -0.2) is 4.79 Å². The van der Waals surface area contributed by atoms with Crippen molar-refractivity contribution in [2.75, 3.05) is 13.6 Å². The molecule has 0 aliphatic rings. The van der Waals surface area contributed by atoms with Crippen LogP contribution < -0.4 is 10.6 Å². The van der Waals surface area contributed by atoms with E-state index in [1.54, 1.807) is 0 Å². The Morgan fingerprint density at radius 1 is 1.08 bits per heavy atom. The zero-order valence-electron chi connectivity index (χ0n) is 14.0. The first kappa shape index (κ1) is 17.8. The monoisotopic (exact) mass is 324 g/mol. The molecule has 2 aromatic rings. The van der Waals surface area contributed by atoms with Gasteiger partial charge in [0, 0.05) is 13.1 Å². The van der Waals surface area contributed by atoms with E-state index in [1.807, 2.05) is 49.5 Å². The molecule has 24 heavy (non-hydrogen) atoms. The maximum atomic E-state index is 11.6. The summed E-state index contributed by atoms with van der Waals surface area (Å²) in [5, 5.41) is 5.92. The highest BCUT2D eigenvalue weighted by Crippen LogP contribution is 2.10. The van der Waals surface area contributed by atoms with Crippen molar-refractivity contribution < 1.29 is 9.53 Å². The summed E-state index contributed by atoms with van der Waals surface area (Å²) in [4.78, 5) is 11.6. The van der Waals surface area contributed by atoms with Gasteiger partial charge in [0.25, 0.3) is 0 Å². The predicted molar refractivity (Wildman–Crippen MR) is 97.5 cm³/mol. The highest BCUT2D eigenvalue weighted by molar-refractivity contribution is 5.67. The van der Waals surface area contributed by atoms with Gasteiger partial charge in [0.05, 0.1) is 0 Å². The number of ether oxygens (including phenoxy) is 1. The molecule has 2 rings (SSSR count). The maximum absolute atomic E-state index is 11.6. The van der Waals surface area contributed by atoms with Crippen LogP contribution in [0.3, 0.4) is 0 Å². The van der Waals surface area contributed by atoms with Crippen LogP contribution >= 0.6 is 0 Å². The molecule has 4 nitrogen and oxygen atoms in total. The number of hydrogen-bond donors (Lipinski definition) is 2. The van der Waals surface area contributed by atoms with Crippen molar-refractivity contribution in [3.05, 3.63) is 77.4 Å². The number of carbonyl (C=O) groups is 1. The van der Waals surface area contributed by atoms with Crippen LogP contribution in [-0.4, -0.2) is 19.7 Å². The van der Waals surface area contributed by atoms with Crippen LogP contribution in [0.2, 0.25) is 0 Å². The topological polar surface area (TPSA) is 50.4 Å². The molecule has 0 aliphatic heterocycles. The minimum absolute atomic E-state index is 0.292. The van der Waals surface area contributed by atoms with E-state index in [1.165, 1.54) is 11.1 Å². The fourth-order valence-electron chi connectivity index (χ4n) is 2.29. The highest BCUT2D eigenvalue weighted by atomic mass is 16.5. The van der Waals surface area contributed by atoms with Crippen molar-refractivity contribution in [3.63, 3.8) is 0 Å². The molecule has 0 saturated carbocycles. The third kappa shape index (κ3) is 6.26. The van der Waals surface area contributed by atoms with Crippen LogP contribution in [0.5, 0.6) is 0 Å². The van der Waals surface area contributed by atoms with Gasteiger partial charge in [-0.3, -0.25) is 0 Å². The smallest absolute Gasteiger partial charge is 0.407 e. The molecule has 0 unspecified atom stereocenters. The van der Waals surface area contributed by atoms with Crippen LogP contribution in [0.4, 0.5) is 4.79 Å². The molecule has 0 spiro atoms. The van der Waals surface area contributed by atoms with Crippen LogP contribution in [0.1, 0.15) is 23.1 Å². The Kier molecular flexibility index (Phi) is 7.57. The maximum Gasteiger partial charge on any atom is 0.407 e. The molecule has 0 bridgehead atoms. The van der Waals surface area contributed by atoms with E-state index in [-0.39, 0.29) is 6.09 Å². The number of amides is 1. The Morgan fingerprint density at radius 2 is 1.83 bits per heavy atom. The minimum atomic E-state index is -0.386. The van der Waals surface area contributed by atoms with Crippen LogP contribution in [0, 0.1) is 0 Å². The molecule has 0 radical (unpaired) electrons. The summed E-state index contributed by atoms with van der Waals surface area (Å²) >= 11 is 0. The van der Waals surface area contributed by atoms with E-state index in [2.05, 4.69) is 34.9 Å². The number of nitrogens with one attached hydrogen (secondary N) is 2. The summed E-state index contributed by atoms with van der Waals surface area (Å²) in [7, 11) is 1.94. The zero-order valence-corrected chi connectivity index (χ0v) is 14.0. The fourth-order valence-corrected chi connectivity index (χ4v) is 2.29. The van der Waals surface area contributed by atoms with E-state index in [0.717, 1.165) is 18.5 Å². The van der Waals surface area contributed by atoms with Crippen molar-refractivity contribution in [3.8, 4) is 0 Å². The quantitative estimate of drug-likeness (QED) is 0.727. The Hall–Kier alpha value is -2.59. The van der Waals surface area contributed by atoms with Gasteiger partial charge in [0.2, 0.25) is 0 Å². The lowest BCUT2D eigenvalue weighted by Gasteiger charge is -2.06. The summed E-state index contributed by atoms with van der Waals surface area (Å²) in [6, 6.07) is 17.9. The average Bonchev–Trinajstić information content (AvgIpc) is 2.62. The molecular weight excluding hydrogens is 300 g/mol. The van der Waals surface area contributed by atoms with Gasteiger partial charge in [-0.05, 0) is 30.2 Å². The van der Waals surface area contributed by atoms with E-state index < -0.39 is 0 Å². The Bertz CT molecular complexity index is 654. The van der Waals surface area contributed by atoms with Gasteiger partial charge in [0.15, 0.2) is 0 Å². The summed E-state index contributed by atoms with van der Waals surface area (Å²) < 4.78 is 5.16. The fraction of sp³-hybridized carbons (Fsp3) is 0.250. The lowest BCUT2D eigenvalue weighted by atomic mass is 10.1. The molecule has 0 aromatic heterocycles. The molecule has 4 heteroatoms. The molecule has 2 N–H and O–H groups in total. The highest BCUT2D eigenvalue weighted by Gasteiger charge is 2.01. The standard InChI is InChI=1S/C20H24N2O2/c1-21-15-19-13-6-5-11-18(19)12-7-8-14-22-20(23)24-16-17-9-3-2-4-10-17/h2-7,9-13,21H,8,14-16H2,1H3,(H,22,23). The first-order valence-electron chi connectivity index (χ1n) is 8.13. The SMILES string of the molecule is CNCc1ccccc1C=CCCNC(=O)OCc1ccccc1. The summed E-state index contributed by atoms with van der Waals surface area (Å²) in [5.41, 5.74) is 3.43. The van der Waals surface area contributed by atoms with Gasteiger partial charge in [0.1, 0.15) is 6.61 Å². The van der Waals surface area contributed by atoms with E-state index in [9.17, 15) is 4.79 Å². The van der Waals surface area contributed by atoms with Gasteiger partial charge < -0.3 is 15.4 Å². The molecule has 0 aliphatic carbocycles. The predicted octanol–water partition coefficient (Wildman–Crippen LogP) is 3.74. The number of benzene rings is 2. The van der Waals surface area contributed by atoms with Crippen molar-refractivity contribution in [1.82, 2.24) is 10.6 Å². The molecule has 2 aromatic carbocycles. The number of alkyl carbamates (subject to hydrolysis) is 1. The molecular formula is C20H24N2O2. The van der Waals surface area contributed by atoms with Gasteiger partial charge in [-0.15, -0.1) is 0 Å². The van der Waals surface area contributed by atoms with E-state index in [4.69, 9.17) is 4.74 Å². The molecule has 0 fully saturated rings. The molecule has 126 valence electrons. The first-order valence-corrected chi connectivity index (χ1v) is 8.13. The summed E-state index contributed by atoms with van der Waals surface area (Å²) in [5.74, 6) is 0. The van der Waals surface area contributed by atoms with Crippen molar-refractivity contribution >= 4 is 12.2 Å². The molecule has 1 amide bonds. The van der Waals surface area contributed by atoms with Crippen LogP contribution in [0.25, 0.3) is 6.08 Å². The van der Waals surface area contributed by atoms with Crippen molar-refractivity contribution in [2.45, 2.75) is 19.6 Å². The third-order valence-electron chi connectivity index (χ3n) is 3.51. The second kappa shape index (κ2) is 10.2. The van der Waals surface area contributed by atoms with Gasteiger partial charge >= 0.3 is 6.09 Å². The Labute approximate surface area is 143 Å². The lowest BCUT2D eigenvalue weighted by molar-refractivity contribution is 0.140. The second-order valence-corrected chi connectivity index (χ2v) is 5.41. The van der Waals surface area contributed by atoms with E-state index >= 15 is 0 Å². The molecule has 0 saturated heterocycles. The lowest BCUT2D eigenvalue weighted by Crippen LogP contribution is -2.24. The van der Waals surface area contributed by atoms with Gasteiger partial charge in [-0.2, -0.15) is 0 Å². The Balaban J connectivity index is 1.68. The largest absolute Gasteiger partial charge is 0.445 e. The summed E-state index contributed by atoms with van der Waals surface area (Å²) in [6.45, 7) is 1.68. The first-order chi connectivity index (χ1) is 11.8. The third-order valence-corrected chi connectivity index (χ3v) is 3.51. The van der Waals surface area contributed by atoms with Crippen molar-refractivity contribution in [2.24, 2.45) is 0 Å². The van der Waals surface area contributed by atoms with E-state index in [0.29, 0.717) is 13.2 Å². The molecule has 0 heterocycles. The molecule has 0 atom stereocenters. The normalized spacial score (nSPS) is 10.7. The zero-order chi connectivity index (χ0) is 17.0. The van der Waals surface area contributed by atoms with Crippen LogP contribution in [-0.2, 0) is 17.9 Å².